The minimum absolute atomic E-state index is 0.338. The van der Waals surface area contributed by atoms with Crippen LogP contribution in [-0.2, 0) is 11.2 Å². The highest BCUT2D eigenvalue weighted by Gasteiger charge is 1.94. The van der Waals surface area contributed by atoms with Gasteiger partial charge in [-0.05, 0) is 31.2 Å². The van der Waals surface area contributed by atoms with E-state index in [9.17, 15) is 0 Å². The fourth-order valence-electron chi connectivity index (χ4n) is 2.15. The van der Waals surface area contributed by atoms with Crippen LogP contribution in [0.2, 0.25) is 0 Å². The van der Waals surface area contributed by atoms with Crippen molar-refractivity contribution in [3.63, 3.8) is 0 Å². The standard InChI is InChI=1S/C17H28O2/c18-14-8-3-1-2-4-9-15-19-16-10-13-17-11-6-5-7-12-17/h5-7,11-12,18H,1-4,8-10,13-16H2. The van der Waals surface area contributed by atoms with Crippen LogP contribution in [0.25, 0.3) is 0 Å². The van der Waals surface area contributed by atoms with Crippen LogP contribution in [0.15, 0.2) is 30.3 Å². The van der Waals surface area contributed by atoms with Crippen molar-refractivity contribution in [1.82, 2.24) is 0 Å². The summed E-state index contributed by atoms with van der Waals surface area (Å²) in [5.41, 5.74) is 1.40. The van der Waals surface area contributed by atoms with E-state index in [0.717, 1.165) is 38.9 Å². The molecule has 0 spiro atoms. The molecule has 0 atom stereocenters. The fraction of sp³-hybridized carbons (Fsp3) is 0.647. The van der Waals surface area contributed by atoms with Crippen molar-refractivity contribution in [2.24, 2.45) is 0 Å². The molecule has 2 nitrogen and oxygen atoms in total. The predicted octanol–water partition coefficient (Wildman–Crippen LogP) is 3.97. The van der Waals surface area contributed by atoms with Gasteiger partial charge in [-0.25, -0.2) is 0 Å². The third-order valence-corrected chi connectivity index (χ3v) is 3.29. The Morgan fingerprint density at radius 1 is 0.737 bits per heavy atom. The number of aliphatic hydroxyl groups excluding tert-OH is 1. The van der Waals surface area contributed by atoms with E-state index in [1.165, 1.54) is 31.2 Å². The lowest BCUT2D eigenvalue weighted by molar-refractivity contribution is 0.127. The molecule has 0 aliphatic heterocycles. The van der Waals surface area contributed by atoms with Gasteiger partial charge in [-0.3, -0.25) is 0 Å². The molecule has 0 radical (unpaired) electrons. The van der Waals surface area contributed by atoms with Crippen LogP contribution >= 0.6 is 0 Å². The molecule has 0 aliphatic carbocycles. The molecule has 0 fully saturated rings. The molecule has 2 heteroatoms. The molecule has 0 saturated carbocycles. The van der Waals surface area contributed by atoms with Crippen molar-refractivity contribution in [3.8, 4) is 0 Å². The average molecular weight is 264 g/mol. The number of aryl methyl sites for hydroxylation is 1. The van der Waals surface area contributed by atoms with Crippen molar-refractivity contribution < 1.29 is 9.84 Å². The smallest absolute Gasteiger partial charge is 0.0469 e. The number of benzene rings is 1. The second kappa shape index (κ2) is 12.2. The molecule has 0 aliphatic rings. The molecule has 0 unspecified atom stereocenters. The van der Waals surface area contributed by atoms with Crippen LogP contribution < -0.4 is 0 Å². The van der Waals surface area contributed by atoms with Crippen LogP contribution in [0.3, 0.4) is 0 Å². The zero-order valence-electron chi connectivity index (χ0n) is 12.0. The Morgan fingerprint density at radius 2 is 1.37 bits per heavy atom. The van der Waals surface area contributed by atoms with Gasteiger partial charge < -0.3 is 9.84 Å². The van der Waals surface area contributed by atoms with Gasteiger partial charge in [0.15, 0.2) is 0 Å². The van der Waals surface area contributed by atoms with E-state index in [1.54, 1.807) is 0 Å². The SMILES string of the molecule is OCCCCCCCCOCCCc1ccccc1. The monoisotopic (exact) mass is 264 g/mol. The molecule has 1 N–H and O–H groups in total. The maximum absolute atomic E-state index is 8.65. The van der Waals surface area contributed by atoms with Crippen LogP contribution in [0, 0.1) is 0 Å². The molecule has 0 bridgehead atoms. The van der Waals surface area contributed by atoms with E-state index in [2.05, 4.69) is 30.3 Å². The third kappa shape index (κ3) is 9.69. The molecule has 1 aromatic carbocycles. The van der Waals surface area contributed by atoms with Gasteiger partial charge in [0.1, 0.15) is 0 Å². The molecule has 0 saturated heterocycles. The first-order valence-electron chi connectivity index (χ1n) is 7.66. The van der Waals surface area contributed by atoms with Crippen LogP contribution in [0.4, 0.5) is 0 Å². The third-order valence-electron chi connectivity index (χ3n) is 3.29. The quantitative estimate of drug-likeness (QED) is 0.579. The summed E-state index contributed by atoms with van der Waals surface area (Å²) in [4.78, 5) is 0. The number of aliphatic hydroxyl groups is 1. The fourth-order valence-corrected chi connectivity index (χ4v) is 2.15. The average Bonchev–Trinajstić information content (AvgIpc) is 2.46. The van der Waals surface area contributed by atoms with E-state index in [0.29, 0.717) is 6.61 Å². The first-order valence-corrected chi connectivity index (χ1v) is 7.66. The number of hydrogen-bond acceptors (Lipinski definition) is 2. The second-order valence-electron chi connectivity index (χ2n) is 5.05. The van der Waals surface area contributed by atoms with E-state index >= 15 is 0 Å². The molecular formula is C17H28O2. The molecule has 0 amide bonds. The van der Waals surface area contributed by atoms with Crippen LogP contribution in [0.1, 0.15) is 50.5 Å². The van der Waals surface area contributed by atoms with Crippen molar-refractivity contribution in [2.45, 2.75) is 51.4 Å². The summed E-state index contributed by atoms with van der Waals surface area (Å²) < 4.78 is 5.64. The van der Waals surface area contributed by atoms with E-state index in [4.69, 9.17) is 9.84 Å². The Kier molecular flexibility index (Phi) is 10.4. The van der Waals surface area contributed by atoms with E-state index < -0.39 is 0 Å². The van der Waals surface area contributed by atoms with Crippen molar-refractivity contribution >= 4 is 0 Å². The highest BCUT2D eigenvalue weighted by molar-refractivity contribution is 5.14. The lowest BCUT2D eigenvalue weighted by Crippen LogP contribution is -1.99. The molecule has 108 valence electrons. The molecule has 0 heterocycles. The summed E-state index contributed by atoms with van der Waals surface area (Å²) >= 11 is 0. The van der Waals surface area contributed by atoms with Gasteiger partial charge in [-0.1, -0.05) is 56.0 Å². The summed E-state index contributed by atoms with van der Waals surface area (Å²) in [5.74, 6) is 0. The molecular weight excluding hydrogens is 236 g/mol. The summed E-state index contributed by atoms with van der Waals surface area (Å²) in [6, 6.07) is 10.6. The zero-order chi connectivity index (χ0) is 13.6. The summed E-state index contributed by atoms with van der Waals surface area (Å²) in [6.07, 6.45) is 9.28. The van der Waals surface area contributed by atoms with Gasteiger partial charge in [0.2, 0.25) is 0 Å². The number of hydrogen-bond donors (Lipinski definition) is 1. The number of unbranched alkanes of at least 4 members (excludes halogenated alkanes) is 5. The van der Waals surface area contributed by atoms with Crippen molar-refractivity contribution in [3.05, 3.63) is 35.9 Å². The minimum Gasteiger partial charge on any atom is -0.396 e. The first-order chi connectivity index (χ1) is 9.43. The Labute approximate surface area is 117 Å². The van der Waals surface area contributed by atoms with Gasteiger partial charge in [0.05, 0.1) is 0 Å². The Balaban J connectivity index is 1.79. The molecule has 0 aromatic heterocycles. The van der Waals surface area contributed by atoms with Gasteiger partial charge in [0, 0.05) is 19.8 Å². The summed E-state index contributed by atoms with van der Waals surface area (Å²) in [7, 11) is 0. The van der Waals surface area contributed by atoms with Gasteiger partial charge in [0.25, 0.3) is 0 Å². The summed E-state index contributed by atoms with van der Waals surface area (Å²) in [6.45, 7) is 2.11. The number of rotatable bonds is 12. The predicted molar refractivity (Wildman–Crippen MR) is 80.4 cm³/mol. The van der Waals surface area contributed by atoms with Gasteiger partial charge in [-0.2, -0.15) is 0 Å². The lowest BCUT2D eigenvalue weighted by Gasteiger charge is -2.04. The zero-order valence-corrected chi connectivity index (χ0v) is 12.0. The number of ether oxygens (including phenoxy) is 1. The van der Waals surface area contributed by atoms with Crippen molar-refractivity contribution in [2.75, 3.05) is 19.8 Å². The van der Waals surface area contributed by atoms with Gasteiger partial charge in [-0.15, -0.1) is 0 Å². The van der Waals surface area contributed by atoms with Crippen molar-refractivity contribution in [1.29, 1.82) is 0 Å². The summed E-state index contributed by atoms with van der Waals surface area (Å²) in [5, 5.41) is 8.65. The first kappa shape index (κ1) is 16.2. The topological polar surface area (TPSA) is 29.5 Å². The molecule has 1 aromatic rings. The van der Waals surface area contributed by atoms with Gasteiger partial charge >= 0.3 is 0 Å². The molecule has 19 heavy (non-hydrogen) atoms. The second-order valence-corrected chi connectivity index (χ2v) is 5.05. The highest BCUT2D eigenvalue weighted by atomic mass is 16.5. The van der Waals surface area contributed by atoms with E-state index in [1.807, 2.05) is 0 Å². The lowest BCUT2D eigenvalue weighted by atomic mass is 10.1. The van der Waals surface area contributed by atoms with Crippen LogP contribution in [0.5, 0.6) is 0 Å². The van der Waals surface area contributed by atoms with E-state index in [-0.39, 0.29) is 0 Å². The minimum atomic E-state index is 0.338. The Hall–Kier alpha value is -0.860. The molecule has 1 rings (SSSR count). The Morgan fingerprint density at radius 3 is 2.11 bits per heavy atom. The normalized spacial score (nSPS) is 10.8. The maximum Gasteiger partial charge on any atom is 0.0469 e. The highest BCUT2D eigenvalue weighted by Crippen LogP contribution is 2.06. The maximum atomic E-state index is 8.65. The Bertz CT molecular complexity index is 285. The van der Waals surface area contributed by atoms with Crippen LogP contribution in [-0.4, -0.2) is 24.9 Å². The largest absolute Gasteiger partial charge is 0.396 e.